The number of hydrogen-bond donors (Lipinski definition) is 2. The first kappa shape index (κ1) is 26.9. The Morgan fingerprint density at radius 1 is 1.10 bits per heavy atom. The Kier molecular flexibility index (Phi) is 8.04. The normalized spacial score (nSPS) is 16.8. The van der Waals surface area contributed by atoms with Crippen LogP contribution >= 0.6 is 0 Å². The molecule has 0 bridgehead atoms. The van der Waals surface area contributed by atoms with Crippen LogP contribution in [0, 0.1) is 12.8 Å². The molecule has 0 radical (unpaired) electrons. The zero-order valence-corrected chi connectivity index (χ0v) is 22.6. The van der Waals surface area contributed by atoms with Crippen molar-refractivity contribution in [3.8, 4) is 34.5 Å². The van der Waals surface area contributed by atoms with Crippen LogP contribution in [0.15, 0.2) is 48.7 Å². The van der Waals surface area contributed by atoms with Crippen molar-refractivity contribution in [2.24, 2.45) is 13.0 Å². The number of aromatic nitrogens is 6. The number of carbonyl (C=O) groups is 1. The van der Waals surface area contributed by atoms with Gasteiger partial charge in [0, 0.05) is 19.3 Å². The molecule has 2 N–H and O–H groups in total. The lowest BCUT2D eigenvalue weighted by Crippen LogP contribution is -2.29. The van der Waals surface area contributed by atoms with E-state index in [0.717, 1.165) is 24.3 Å². The third-order valence-electron chi connectivity index (χ3n) is 6.82. The number of aliphatic carboxylic acids is 1. The summed E-state index contributed by atoms with van der Waals surface area (Å²) >= 11 is 0. The van der Waals surface area contributed by atoms with Gasteiger partial charge in [-0.2, -0.15) is 4.98 Å². The summed E-state index contributed by atoms with van der Waals surface area (Å²) in [7, 11) is 3.42. The SMILES string of the molecule is COc1ccc(Oc2ccnc(NCc3c(-c4ccc(O[C@H]5CCCC(C(=O)O)C5)c(C)n4)nnn3C)n2)cc1. The van der Waals surface area contributed by atoms with Crippen LogP contribution in [0.2, 0.25) is 0 Å². The minimum absolute atomic E-state index is 0.137. The molecule has 3 aromatic heterocycles. The van der Waals surface area contributed by atoms with Gasteiger partial charge in [0.05, 0.1) is 42.8 Å². The number of benzene rings is 1. The van der Waals surface area contributed by atoms with Crippen molar-refractivity contribution in [3.63, 3.8) is 0 Å². The smallest absolute Gasteiger partial charge is 0.306 e. The molecule has 40 heavy (non-hydrogen) atoms. The highest BCUT2D eigenvalue weighted by Crippen LogP contribution is 2.31. The van der Waals surface area contributed by atoms with Crippen LogP contribution in [0.3, 0.4) is 0 Å². The van der Waals surface area contributed by atoms with E-state index in [4.69, 9.17) is 19.2 Å². The van der Waals surface area contributed by atoms with E-state index in [-0.39, 0.29) is 12.0 Å². The quantitative estimate of drug-likeness (QED) is 0.292. The molecule has 0 aliphatic heterocycles. The predicted molar refractivity (Wildman–Crippen MR) is 145 cm³/mol. The molecule has 0 spiro atoms. The Balaban J connectivity index is 1.26. The number of hydrogen-bond acceptors (Lipinski definition) is 10. The van der Waals surface area contributed by atoms with Gasteiger partial charge in [0.15, 0.2) is 0 Å². The van der Waals surface area contributed by atoms with E-state index >= 15 is 0 Å². The zero-order chi connectivity index (χ0) is 28.1. The van der Waals surface area contributed by atoms with Crippen LogP contribution in [0.4, 0.5) is 5.95 Å². The van der Waals surface area contributed by atoms with Crippen molar-refractivity contribution in [3.05, 3.63) is 60.0 Å². The number of aryl methyl sites for hydroxylation is 2. The first-order chi connectivity index (χ1) is 19.4. The van der Waals surface area contributed by atoms with Crippen molar-refractivity contribution in [1.82, 2.24) is 29.9 Å². The highest BCUT2D eigenvalue weighted by molar-refractivity contribution is 5.70. The number of methoxy groups -OCH3 is 1. The first-order valence-electron chi connectivity index (χ1n) is 13.0. The number of nitrogens with zero attached hydrogens (tertiary/aromatic N) is 6. The molecular weight excluding hydrogens is 514 g/mol. The van der Waals surface area contributed by atoms with E-state index < -0.39 is 5.97 Å². The predicted octanol–water partition coefficient (Wildman–Crippen LogP) is 4.41. The van der Waals surface area contributed by atoms with Gasteiger partial charge >= 0.3 is 5.97 Å². The molecule has 12 heteroatoms. The van der Waals surface area contributed by atoms with Crippen LogP contribution < -0.4 is 19.5 Å². The number of anilines is 1. The second-order valence-corrected chi connectivity index (χ2v) is 9.58. The number of ether oxygens (including phenoxy) is 3. The Hall–Kier alpha value is -4.74. The van der Waals surface area contributed by atoms with Crippen molar-refractivity contribution in [2.75, 3.05) is 12.4 Å². The van der Waals surface area contributed by atoms with E-state index in [0.29, 0.717) is 59.8 Å². The summed E-state index contributed by atoms with van der Waals surface area (Å²) in [5.41, 5.74) is 2.77. The number of carboxylic acid groups (broad SMARTS) is 1. The lowest BCUT2D eigenvalue weighted by molar-refractivity contribution is -0.143. The van der Waals surface area contributed by atoms with Gasteiger partial charge in [0.1, 0.15) is 22.9 Å². The standard InChI is InChI=1S/C28H31N7O5/c1-17-24(39-21-6-4-5-18(15-21)27(36)37)12-11-22(31-17)26-23(35(2)34-33-26)16-30-28-29-14-13-25(32-28)40-20-9-7-19(38-3)8-10-20/h7-14,18,21H,4-6,15-16H2,1-3H3,(H,36,37)(H,29,30,32)/t18?,21-/m0/s1. The number of nitrogens with one attached hydrogen (secondary N) is 1. The van der Waals surface area contributed by atoms with Gasteiger partial charge in [-0.25, -0.2) is 14.6 Å². The molecule has 0 amide bonds. The molecule has 1 aromatic carbocycles. The Morgan fingerprint density at radius 2 is 1.90 bits per heavy atom. The van der Waals surface area contributed by atoms with Crippen LogP contribution in [0.5, 0.6) is 23.1 Å². The Bertz CT molecular complexity index is 1470. The first-order valence-corrected chi connectivity index (χ1v) is 13.0. The van der Waals surface area contributed by atoms with Crippen LogP contribution in [-0.4, -0.2) is 54.2 Å². The fourth-order valence-electron chi connectivity index (χ4n) is 4.65. The molecule has 5 rings (SSSR count). The van der Waals surface area contributed by atoms with E-state index in [1.54, 1.807) is 36.2 Å². The maximum absolute atomic E-state index is 11.4. The van der Waals surface area contributed by atoms with Gasteiger partial charge in [-0.05, 0) is 69.0 Å². The zero-order valence-electron chi connectivity index (χ0n) is 22.6. The van der Waals surface area contributed by atoms with Crippen molar-refractivity contribution >= 4 is 11.9 Å². The molecule has 0 saturated heterocycles. The van der Waals surface area contributed by atoms with Crippen LogP contribution in [0.1, 0.15) is 37.1 Å². The molecule has 2 atom stereocenters. The maximum Gasteiger partial charge on any atom is 0.306 e. The minimum atomic E-state index is -0.760. The van der Waals surface area contributed by atoms with Gasteiger partial charge in [-0.3, -0.25) is 4.79 Å². The summed E-state index contributed by atoms with van der Waals surface area (Å²) in [6.07, 6.45) is 4.35. The van der Waals surface area contributed by atoms with Gasteiger partial charge in [-0.15, -0.1) is 5.10 Å². The van der Waals surface area contributed by atoms with Crippen molar-refractivity contribution in [2.45, 2.75) is 45.3 Å². The average molecular weight is 546 g/mol. The summed E-state index contributed by atoms with van der Waals surface area (Å²) in [6, 6.07) is 12.6. The molecule has 208 valence electrons. The van der Waals surface area contributed by atoms with Crippen LogP contribution in [0.25, 0.3) is 11.4 Å². The third kappa shape index (κ3) is 6.28. The second-order valence-electron chi connectivity index (χ2n) is 9.58. The summed E-state index contributed by atoms with van der Waals surface area (Å²) in [6.45, 7) is 2.22. The number of rotatable bonds is 10. The van der Waals surface area contributed by atoms with Crippen molar-refractivity contribution in [1.29, 1.82) is 0 Å². The molecule has 3 heterocycles. The second kappa shape index (κ2) is 12.0. The molecule has 1 fully saturated rings. The van der Waals surface area contributed by atoms with E-state index in [1.165, 1.54) is 0 Å². The monoisotopic (exact) mass is 545 g/mol. The largest absolute Gasteiger partial charge is 0.497 e. The molecule has 1 aliphatic rings. The van der Waals surface area contributed by atoms with Gasteiger partial charge in [0.25, 0.3) is 0 Å². The fraction of sp³-hybridized carbons (Fsp3) is 0.357. The topological polar surface area (TPSA) is 146 Å². The van der Waals surface area contributed by atoms with Gasteiger partial charge < -0.3 is 24.6 Å². The summed E-state index contributed by atoms with van der Waals surface area (Å²) < 4.78 is 18.8. The van der Waals surface area contributed by atoms with E-state index in [1.807, 2.05) is 38.2 Å². The molecule has 12 nitrogen and oxygen atoms in total. The fourth-order valence-corrected chi connectivity index (χ4v) is 4.65. The highest BCUT2D eigenvalue weighted by atomic mass is 16.5. The highest BCUT2D eigenvalue weighted by Gasteiger charge is 2.28. The molecule has 1 unspecified atom stereocenters. The number of pyridine rings is 1. The Morgan fingerprint density at radius 3 is 2.65 bits per heavy atom. The molecule has 1 saturated carbocycles. The van der Waals surface area contributed by atoms with Crippen LogP contribution in [-0.2, 0) is 18.4 Å². The summed E-state index contributed by atoms with van der Waals surface area (Å²) in [4.78, 5) is 24.9. The maximum atomic E-state index is 11.4. The molecule has 1 aliphatic carbocycles. The van der Waals surface area contributed by atoms with Gasteiger partial charge in [0.2, 0.25) is 11.8 Å². The average Bonchev–Trinajstić information content (AvgIpc) is 3.33. The van der Waals surface area contributed by atoms with E-state index in [9.17, 15) is 9.90 Å². The summed E-state index contributed by atoms with van der Waals surface area (Å²) in [5.74, 6) is 1.67. The lowest BCUT2D eigenvalue weighted by atomic mass is 9.87. The number of carboxylic acids is 1. The minimum Gasteiger partial charge on any atom is -0.497 e. The van der Waals surface area contributed by atoms with E-state index in [2.05, 4.69) is 25.6 Å². The lowest BCUT2D eigenvalue weighted by Gasteiger charge is -2.27. The van der Waals surface area contributed by atoms with Gasteiger partial charge in [-0.1, -0.05) is 5.21 Å². The third-order valence-corrected chi connectivity index (χ3v) is 6.82. The Labute approximate surface area is 231 Å². The molecule has 4 aromatic rings. The molecular formula is C28H31N7O5. The van der Waals surface area contributed by atoms with Crippen molar-refractivity contribution < 1.29 is 24.1 Å². The summed E-state index contributed by atoms with van der Waals surface area (Å²) in [5, 5.41) is 21.1.